The van der Waals surface area contributed by atoms with Gasteiger partial charge in [0.05, 0.1) is 11.7 Å². The first-order chi connectivity index (χ1) is 5.56. The second kappa shape index (κ2) is 3.75. The molecule has 0 saturated heterocycles. The second-order valence-corrected chi connectivity index (χ2v) is 4.25. The fourth-order valence-corrected chi connectivity index (χ4v) is 1.35. The number of hydrogen-bond acceptors (Lipinski definition) is 2. The van der Waals surface area contributed by atoms with Gasteiger partial charge in [-0.15, -0.1) is 0 Å². The van der Waals surface area contributed by atoms with E-state index in [1.807, 2.05) is 6.92 Å². The Morgan fingerprint density at radius 1 is 1.50 bits per heavy atom. The normalized spacial score (nSPS) is 25.0. The average molecular weight is 172 g/mol. The number of aliphatic hydroxyl groups is 2. The van der Waals surface area contributed by atoms with Crippen LogP contribution < -0.4 is 0 Å². The van der Waals surface area contributed by atoms with Crippen LogP contribution in [0.2, 0.25) is 0 Å². The van der Waals surface area contributed by atoms with E-state index in [1.54, 1.807) is 6.92 Å². The maximum absolute atomic E-state index is 9.68. The van der Waals surface area contributed by atoms with Crippen LogP contribution in [-0.2, 0) is 0 Å². The van der Waals surface area contributed by atoms with Gasteiger partial charge < -0.3 is 10.2 Å². The van der Waals surface area contributed by atoms with Crippen molar-refractivity contribution in [2.45, 2.75) is 57.7 Å². The van der Waals surface area contributed by atoms with Crippen LogP contribution in [0.4, 0.5) is 0 Å². The second-order valence-electron chi connectivity index (χ2n) is 4.25. The third-order valence-corrected chi connectivity index (χ3v) is 2.98. The average Bonchev–Trinajstić information content (AvgIpc) is 2.83. The quantitative estimate of drug-likeness (QED) is 0.662. The molecule has 1 fully saturated rings. The van der Waals surface area contributed by atoms with Gasteiger partial charge >= 0.3 is 0 Å². The molecule has 0 amide bonds. The van der Waals surface area contributed by atoms with E-state index >= 15 is 0 Å². The van der Waals surface area contributed by atoms with Gasteiger partial charge in [0.2, 0.25) is 0 Å². The molecule has 0 bridgehead atoms. The lowest BCUT2D eigenvalue weighted by Gasteiger charge is -2.27. The van der Waals surface area contributed by atoms with Crippen molar-refractivity contribution in [2.24, 2.45) is 5.92 Å². The number of rotatable bonds is 5. The molecule has 2 unspecified atom stereocenters. The van der Waals surface area contributed by atoms with E-state index in [9.17, 15) is 10.2 Å². The molecule has 12 heavy (non-hydrogen) atoms. The fraction of sp³-hybridized carbons (Fsp3) is 1.00. The summed E-state index contributed by atoms with van der Waals surface area (Å²) in [6.07, 6.45) is 4.56. The van der Waals surface area contributed by atoms with Crippen molar-refractivity contribution in [3.63, 3.8) is 0 Å². The first kappa shape index (κ1) is 10.0. The van der Waals surface area contributed by atoms with Gasteiger partial charge in [0.25, 0.3) is 0 Å². The zero-order valence-electron chi connectivity index (χ0n) is 8.08. The van der Waals surface area contributed by atoms with Crippen LogP contribution in [0.1, 0.15) is 46.0 Å². The summed E-state index contributed by atoms with van der Waals surface area (Å²) in [6.45, 7) is 3.62. The predicted molar refractivity (Wildman–Crippen MR) is 48.9 cm³/mol. The van der Waals surface area contributed by atoms with Crippen LogP contribution in [0.25, 0.3) is 0 Å². The van der Waals surface area contributed by atoms with Gasteiger partial charge in [0.1, 0.15) is 0 Å². The van der Waals surface area contributed by atoms with Crippen molar-refractivity contribution in [1.82, 2.24) is 0 Å². The Morgan fingerprint density at radius 2 is 2.08 bits per heavy atom. The molecular formula is C10H20O2. The van der Waals surface area contributed by atoms with Crippen LogP contribution >= 0.6 is 0 Å². The molecular weight excluding hydrogens is 152 g/mol. The molecule has 0 radical (unpaired) electrons. The highest BCUT2D eigenvalue weighted by Crippen LogP contribution is 2.35. The van der Waals surface area contributed by atoms with E-state index in [1.165, 1.54) is 12.8 Å². The van der Waals surface area contributed by atoms with Crippen LogP contribution in [0.5, 0.6) is 0 Å². The van der Waals surface area contributed by atoms with Crippen molar-refractivity contribution >= 4 is 0 Å². The molecule has 0 heterocycles. The monoisotopic (exact) mass is 172 g/mol. The molecule has 2 nitrogen and oxygen atoms in total. The van der Waals surface area contributed by atoms with Gasteiger partial charge in [0.15, 0.2) is 0 Å². The molecule has 0 aromatic rings. The molecule has 0 aromatic carbocycles. The minimum atomic E-state index is -0.880. The molecule has 0 aromatic heterocycles. The van der Waals surface area contributed by atoms with Gasteiger partial charge in [-0.3, -0.25) is 0 Å². The molecule has 2 N–H and O–H groups in total. The fourth-order valence-electron chi connectivity index (χ4n) is 1.35. The largest absolute Gasteiger partial charge is 0.390 e. The molecule has 72 valence electrons. The number of hydrogen-bond donors (Lipinski definition) is 2. The number of aliphatic hydroxyl groups excluding tert-OH is 1. The lowest BCUT2D eigenvalue weighted by molar-refractivity contribution is -0.0681. The van der Waals surface area contributed by atoms with Crippen LogP contribution in [0.3, 0.4) is 0 Å². The Hall–Kier alpha value is -0.0800. The van der Waals surface area contributed by atoms with Gasteiger partial charge in [-0.1, -0.05) is 19.8 Å². The summed E-state index contributed by atoms with van der Waals surface area (Å²) in [5, 5.41) is 19.3. The van der Waals surface area contributed by atoms with Gasteiger partial charge in [0, 0.05) is 0 Å². The Kier molecular flexibility index (Phi) is 3.13. The van der Waals surface area contributed by atoms with E-state index in [0.717, 1.165) is 18.8 Å². The van der Waals surface area contributed by atoms with Gasteiger partial charge in [-0.2, -0.15) is 0 Å². The van der Waals surface area contributed by atoms with E-state index in [2.05, 4.69) is 0 Å². The topological polar surface area (TPSA) is 40.5 Å². The van der Waals surface area contributed by atoms with Gasteiger partial charge in [-0.25, -0.2) is 0 Å². The van der Waals surface area contributed by atoms with Crippen molar-refractivity contribution in [3.05, 3.63) is 0 Å². The highest BCUT2D eigenvalue weighted by molar-refractivity contribution is 4.82. The van der Waals surface area contributed by atoms with Crippen molar-refractivity contribution in [1.29, 1.82) is 0 Å². The lowest BCUT2D eigenvalue weighted by atomic mass is 9.92. The Balaban J connectivity index is 2.20. The highest BCUT2D eigenvalue weighted by Gasteiger charge is 2.30. The molecule has 1 aliphatic carbocycles. The SMILES string of the molecule is CCC(C)(O)C(O)CCC1CC1. The van der Waals surface area contributed by atoms with E-state index in [4.69, 9.17) is 0 Å². The molecule has 0 aliphatic heterocycles. The van der Waals surface area contributed by atoms with E-state index < -0.39 is 11.7 Å². The van der Waals surface area contributed by atoms with Gasteiger partial charge in [-0.05, 0) is 32.1 Å². The summed E-state index contributed by atoms with van der Waals surface area (Å²) >= 11 is 0. The maximum atomic E-state index is 9.68. The zero-order chi connectivity index (χ0) is 9.19. The van der Waals surface area contributed by atoms with Crippen LogP contribution in [-0.4, -0.2) is 21.9 Å². The van der Waals surface area contributed by atoms with E-state index in [-0.39, 0.29) is 0 Å². The van der Waals surface area contributed by atoms with Crippen LogP contribution in [0.15, 0.2) is 0 Å². The summed E-state index contributed by atoms with van der Waals surface area (Å²) in [5.74, 6) is 0.840. The lowest BCUT2D eigenvalue weighted by Crippen LogP contribution is -2.38. The third-order valence-electron chi connectivity index (χ3n) is 2.98. The van der Waals surface area contributed by atoms with Crippen molar-refractivity contribution in [2.75, 3.05) is 0 Å². The van der Waals surface area contributed by atoms with E-state index in [0.29, 0.717) is 6.42 Å². The third kappa shape index (κ3) is 2.76. The predicted octanol–water partition coefficient (Wildman–Crippen LogP) is 1.70. The Labute approximate surface area is 74.6 Å². The maximum Gasteiger partial charge on any atom is 0.0874 e. The summed E-state index contributed by atoms with van der Waals surface area (Å²) in [5.41, 5.74) is -0.880. The Morgan fingerprint density at radius 3 is 2.50 bits per heavy atom. The smallest absolute Gasteiger partial charge is 0.0874 e. The minimum Gasteiger partial charge on any atom is -0.390 e. The standard InChI is InChI=1S/C10H20O2/c1-3-10(2,12)9(11)7-6-8-4-5-8/h8-9,11-12H,3-7H2,1-2H3. The van der Waals surface area contributed by atoms with Crippen molar-refractivity contribution in [3.8, 4) is 0 Å². The first-order valence-corrected chi connectivity index (χ1v) is 4.96. The van der Waals surface area contributed by atoms with Crippen LogP contribution in [0, 0.1) is 5.92 Å². The molecule has 1 aliphatic rings. The summed E-state index contributed by atoms with van der Waals surface area (Å²) in [6, 6.07) is 0. The molecule has 0 spiro atoms. The molecule has 1 saturated carbocycles. The minimum absolute atomic E-state index is 0.539. The first-order valence-electron chi connectivity index (χ1n) is 4.96. The summed E-state index contributed by atoms with van der Waals surface area (Å²) in [7, 11) is 0. The molecule has 2 heteroatoms. The highest BCUT2D eigenvalue weighted by atomic mass is 16.3. The Bertz CT molecular complexity index is 139. The molecule has 1 rings (SSSR count). The summed E-state index contributed by atoms with van der Waals surface area (Å²) in [4.78, 5) is 0. The summed E-state index contributed by atoms with van der Waals surface area (Å²) < 4.78 is 0. The zero-order valence-corrected chi connectivity index (χ0v) is 8.08. The van der Waals surface area contributed by atoms with Crippen molar-refractivity contribution < 1.29 is 10.2 Å². The molecule has 2 atom stereocenters.